The first-order chi connectivity index (χ1) is 6.60. The Hall–Kier alpha value is -0.860. The second-order valence-electron chi connectivity index (χ2n) is 4.27. The number of carbonyl (C=O) groups is 1. The lowest BCUT2D eigenvalue weighted by Crippen LogP contribution is -2.32. The summed E-state index contributed by atoms with van der Waals surface area (Å²) in [5.41, 5.74) is 2.31. The smallest absolute Gasteiger partial charge is 0.148 e. The molecule has 1 aromatic rings. The number of hydrogen-bond donors (Lipinski definition) is 1. The summed E-state index contributed by atoms with van der Waals surface area (Å²) >= 11 is 0. The predicted octanol–water partition coefficient (Wildman–Crippen LogP) is 2.19. The van der Waals surface area contributed by atoms with E-state index < -0.39 is 0 Å². The lowest BCUT2D eigenvalue weighted by Gasteiger charge is -2.24. The van der Waals surface area contributed by atoms with Crippen molar-refractivity contribution in [1.29, 1.82) is 0 Å². The average Bonchev–Trinajstić information content (AvgIpc) is 2.48. The van der Waals surface area contributed by atoms with Crippen LogP contribution in [0.15, 0.2) is 24.3 Å². The zero-order valence-corrected chi connectivity index (χ0v) is 9.86. The van der Waals surface area contributed by atoms with Gasteiger partial charge in [0, 0.05) is 12.0 Å². The van der Waals surface area contributed by atoms with Crippen LogP contribution in [0.4, 0.5) is 0 Å². The molecule has 0 amide bonds. The van der Waals surface area contributed by atoms with Gasteiger partial charge in [-0.1, -0.05) is 29.8 Å². The molecule has 0 bridgehead atoms. The zero-order valence-electron chi connectivity index (χ0n) is 9.04. The number of halogens is 1. The fraction of sp³-hybridized carbons (Fsp3) is 0.417. The average molecular weight is 226 g/mol. The Balaban J connectivity index is 0.00000112. The lowest BCUT2D eigenvalue weighted by molar-refractivity contribution is -0.116. The van der Waals surface area contributed by atoms with Crippen LogP contribution in [0.1, 0.15) is 24.5 Å². The highest BCUT2D eigenvalue weighted by atomic mass is 35.5. The molecule has 1 heterocycles. The molecule has 1 N–H and O–H groups in total. The quantitative estimate of drug-likeness (QED) is 0.794. The first-order valence-corrected chi connectivity index (χ1v) is 4.94. The molecular formula is C12H16ClNO. The second kappa shape index (κ2) is 4.33. The van der Waals surface area contributed by atoms with Crippen LogP contribution in [0, 0.1) is 6.92 Å². The Morgan fingerprint density at radius 3 is 2.33 bits per heavy atom. The lowest BCUT2D eigenvalue weighted by atomic mass is 9.90. The summed E-state index contributed by atoms with van der Waals surface area (Å²) in [5, 5.41) is 3.27. The van der Waals surface area contributed by atoms with Crippen molar-refractivity contribution in [3.63, 3.8) is 0 Å². The molecule has 2 nitrogen and oxygen atoms in total. The minimum absolute atomic E-state index is 0. The molecule has 0 radical (unpaired) electrons. The molecule has 1 atom stereocenters. The van der Waals surface area contributed by atoms with E-state index in [0.29, 0.717) is 18.7 Å². The van der Waals surface area contributed by atoms with Gasteiger partial charge in [-0.05, 0) is 19.4 Å². The van der Waals surface area contributed by atoms with E-state index in [0.717, 1.165) is 0 Å². The van der Waals surface area contributed by atoms with Crippen LogP contribution < -0.4 is 5.32 Å². The summed E-state index contributed by atoms with van der Waals surface area (Å²) < 4.78 is 0. The Labute approximate surface area is 96.5 Å². The van der Waals surface area contributed by atoms with Gasteiger partial charge in [-0.2, -0.15) is 0 Å². The molecule has 0 saturated carbocycles. The van der Waals surface area contributed by atoms with Crippen LogP contribution in [-0.2, 0) is 10.3 Å². The minimum Gasteiger partial charge on any atom is -0.300 e. The second-order valence-corrected chi connectivity index (χ2v) is 4.27. The number of rotatable bonds is 1. The van der Waals surface area contributed by atoms with E-state index in [1.165, 1.54) is 11.1 Å². The summed E-state index contributed by atoms with van der Waals surface area (Å²) in [6, 6.07) is 8.37. The Morgan fingerprint density at radius 1 is 1.27 bits per heavy atom. The predicted molar refractivity (Wildman–Crippen MR) is 63.4 cm³/mol. The summed E-state index contributed by atoms with van der Waals surface area (Å²) in [6.07, 6.45) is 0.607. The van der Waals surface area contributed by atoms with Crippen molar-refractivity contribution in [2.75, 3.05) is 6.54 Å². The SMILES string of the molecule is Cc1ccc(C2(C)CC(=O)CN2)cc1.Cl. The fourth-order valence-corrected chi connectivity index (χ4v) is 1.94. The monoisotopic (exact) mass is 225 g/mol. The van der Waals surface area contributed by atoms with Gasteiger partial charge in [-0.3, -0.25) is 4.79 Å². The molecule has 1 unspecified atom stereocenters. The van der Waals surface area contributed by atoms with Crippen LogP contribution in [0.2, 0.25) is 0 Å². The van der Waals surface area contributed by atoms with E-state index in [1.54, 1.807) is 0 Å². The first kappa shape index (κ1) is 12.2. The van der Waals surface area contributed by atoms with Gasteiger partial charge in [0.25, 0.3) is 0 Å². The normalized spacial score (nSPS) is 25.1. The van der Waals surface area contributed by atoms with E-state index in [2.05, 4.69) is 43.4 Å². The fourth-order valence-electron chi connectivity index (χ4n) is 1.94. The van der Waals surface area contributed by atoms with Crippen LogP contribution in [0.25, 0.3) is 0 Å². The summed E-state index contributed by atoms with van der Waals surface area (Å²) in [5.74, 6) is 0.299. The first-order valence-electron chi connectivity index (χ1n) is 4.94. The number of Topliss-reactive ketones (excluding diaryl/α,β-unsaturated/α-hetero) is 1. The minimum atomic E-state index is -0.148. The van der Waals surface area contributed by atoms with Gasteiger partial charge in [0.2, 0.25) is 0 Å². The molecule has 1 fully saturated rings. The van der Waals surface area contributed by atoms with E-state index in [-0.39, 0.29) is 17.9 Å². The van der Waals surface area contributed by atoms with Crippen molar-refractivity contribution in [2.24, 2.45) is 0 Å². The number of benzene rings is 1. The maximum atomic E-state index is 11.2. The molecule has 15 heavy (non-hydrogen) atoms. The van der Waals surface area contributed by atoms with E-state index in [1.807, 2.05) is 0 Å². The molecule has 3 heteroatoms. The van der Waals surface area contributed by atoms with Crippen molar-refractivity contribution in [3.05, 3.63) is 35.4 Å². The number of aryl methyl sites for hydroxylation is 1. The van der Waals surface area contributed by atoms with E-state index >= 15 is 0 Å². The Kier molecular flexibility index (Phi) is 3.53. The maximum Gasteiger partial charge on any atom is 0.148 e. The molecule has 0 spiro atoms. The van der Waals surface area contributed by atoms with Crippen LogP contribution in [-0.4, -0.2) is 12.3 Å². The van der Waals surface area contributed by atoms with Gasteiger partial charge in [0.1, 0.15) is 5.78 Å². The van der Waals surface area contributed by atoms with E-state index in [4.69, 9.17) is 0 Å². The zero-order chi connectivity index (χ0) is 10.2. The van der Waals surface area contributed by atoms with Crippen molar-refractivity contribution in [2.45, 2.75) is 25.8 Å². The largest absolute Gasteiger partial charge is 0.300 e. The third-order valence-electron chi connectivity index (χ3n) is 2.92. The number of carbonyl (C=O) groups excluding carboxylic acids is 1. The van der Waals surface area contributed by atoms with Crippen molar-refractivity contribution < 1.29 is 4.79 Å². The highest BCUT2D eigenvalue weighted by Gasteiger charge is 2.34. The molecule has 1 aliphatic heterocycles. The van der Waals surface area contributed by atoms with Crippen LogP contribution in [0.5, 0.6) is 0 Å². The molecule has 82 valence electrons. The summed E-state index contributed by atoms with van der Waals surface area (Å²) in [4.78, 5) is 11.2. The van der Waals surface area contributed by atoms with E-state index in [9.17, 15) is 4.79 Å². The number of hydrogen-bond acceptors (Lipinski definition) is 2. The third kappa shape index (κ3) is 2.39. The Bertz CT molecular complexity index is 360. The van der Waals surface area contributed by atoms with Gasteiger partial charge in [-0.25, -0.2) is 0 Å². The highest BCUT2D eigenvalue weighted by molar-refractivity contribution is 5.85. The molecule has 2 rings (SSSR count). The van der Waals surface area contributed by atoms with Gasteiger partial charge >= 0.3 is 0 Å². The maximum absolute atomic E-state index is 11.2. The van der Waals surface area contributed by atoms with Crippen LogP contribution >= 0.6 is 12.4 Å². The standard InChI is InChI=1S/C12H15NO.ClH/c1-9-3-5-10(6-4-9)12(2)7-11(14)8-13-12;/h3-6,13H,7-8H2,1-2H3;1H. The van der Waals surface area contributed by atoms with Crippen molar-refractivity contribution in [1.82, 2.24) is 5.32 Å². The molecule has 1 saturated heterocycles. The number of ketones is 1. The topological polar surface area (TPSA) is 29.1 Å². The molecular weight excluding hydrogens is 210 g/mol. The van der Waals surface area contributed by atoms with Crippen LogP contribution in [0.3, 0.4) is 0 Å². The Morgan fingerprint density at radius 2 is 1.87 bits per heavy atom. The van der Waals surface area contributed by atoms with Crippen molar-refractivity contribution >= 4 is 18.2 Å². The highest BCUT2D eigenvalue weighted by Crippen LogP contribution is 2.28. The van der Waals surface area contributed by atoms with Gasteiger partial charge in [0.15, 0.2) is 0 Å². The molecule has 0 aliphatic carbocycles. The van der Waals surface area contributed by atoms with Gasteiger partial charge in [-0.15, -0.1) is 12.4 Å². The van der Waals surface area contributed by atoms with Gasteiger partial charge in [0.05, 0.1) is 6.54 Å². The molecule has 1 aliphatic rings. The molecule has 1 aromatic carbocycles. The van der Waals surface area contributed by atoms with Crippen molar-refractivity contribution in [3.8, 4) is 0 Å². The molecule has 0 aromatic heterocycles. The third-order valence-corrected chi connectivity index (χ3v) is 2.92. The number of nitrogens with one attached hydrogen (secondary N) is 1. The summed E-state index contributed by atoms with van der Waals surface area (Å²) in [7, 11) is 0. The summed E-state index contributed by atoms with van der Waals surface area (Å²) in [6.45, 7) is 4.66. The van der Waals surface area contributed by atoms with Gasteiger partial charge < -0.3 is 5.32 Å².